The molecule has 0 atom stereocenters. The first-order valence-electron chi connectivity index (χ1n) is 18.0. The van der Waals surface area contributed by atoms with Crippen LogP contribution in [-0.4, -0.2) is 35.4 Å². The fourth-order valence-electron chi connectivity index (χ4n) is 6.21. The zero-order valence-corrected chi connectivity index (χ0v) is 32.3. The number of esters is 2. The van der Waals surface area contributed by atoms with E-state index in [0.29, 0.717) is 37.6 Å². The van der Waals surface area contributed by atoms with E-state index >= 15 is 0 Å². The van der Waals surface area contributed by atoms with Gasteiger partial charge in [-0.25, -0.2) is 0 Å². The summed E-state index contributed by atoms with van der Waals surface area (Å²) < 4.78 is 11.3. The van der Waals surface area contributed by atoms with Crippen LogP contribution in [0.5, 0.6) is 11.5 Å². The van der Waals surface area contributed by atoms with E-state index in [1.54, 1.807) is 0 Å². The minimum Gasteiger partial charge on any atom is -0.507 e. The Morgan fingerprint density at radius 1 is 0.542 bits per heavy atom. The summed E-state index contributed by atoms with van der Waals surface area (Å²) in [5, 5.41) is 21.1. The van der Waals surface area contributed by atoms with Crippen LogP contribution in [0.4, 0.5) is 0 Å². The zero-order chi connectivity index (χ0) is 36.5. The van der Waals surface area contributed by atoms with Gasteiger partial charge in [0.15, 0.2) is 0 Å². The molecule has 0 heterocycles. The summed E-state index contributed by atoms with van der Waals surface area (Å²) >= 11 is 0. The first kappa shape index (κ1) is 41.2. The van der Waals surface area contributed by atoms with Crippen molar-refractivity contribution in [1.29, 1.82) is 0 Å². The number of ether oxygens (including phenoxy) is 2. The molecule has 2 N–H and O–H groups in total. The fraction of sp³-hybridized carbons (Fsp3) is 0.667. The highest BCUT2D eigenvalue weighted by atomic mass is 16.5. The van der Waals surface area contributed by atoms with Crippen LogP contribution in [-0.2, 0) is 42.7 Å². The molecule has 0 saturated carbocycles. The summed E-state index contributed by atoms with van der Waals surface area (Å²) in [5.41, 5.74) is 5.17. The molecule has 6 heteroatoms. The maximum absolute atomic E-state index is 12.4. The molecule has 6 nitrogen and oxygen atoms in total. The van der Waals surface area contributed by atoms with Gasteiger partial charge in [0.1, 0.15) is 11.5 Å². The Bertz CT molecular complexity index is 1260. The number of rotatable bonds is 17. The number of unbranched alkanes of at least 4 members (excludes halogenated alkanes) is 5. The van der Waals surface area contributed by atoms with Crippen molar-refractivity contribution in [2.24, 2.45) is 10.8 Å². The maximum Gasteiger partial charge on any atom is 0.305 e. The number of carbonyl (C=O) groups is 2. The average molecular weight is 667 g/mol. The van der Waals surface area contributed by atoms with Crippen molar-refractivity contribution >= 4 is 11.9 Å². The average Bonchev–Trinajstić information content (AvgIpc) is 2.94. The molecule has 270 valence electrons. The van der Waals surface area contributed by atoms with Crippen LogP contribution in [0.15, 0.2) is 24.3 Å². The molecule has 0 radical (unpaired) electrons. The first-order valence-corrected chi connectivity index (χ1v) is 18.0. The van der Waals surface area contributed by atoms with Crippen LogP contribution < -0.4 is 0 Å². The van der Waals surface area contributed by atoms with Gasteiger partial charge in [-0.3, -0.25) is 9.59 Å². The quantitative estimate of drug-likeness (QED) is 0.129. The Morgan fingerprint density at radius 3 is 1.17 bits per heavy atom. The molecule has 0 bridgehead atoms. The molecule has 0 aliphatic rings. The summed E-state index contributed by atoms with van der Waals surface area (Å²) in [6, 6.07) is 8.22. The third-order valence-corrected chi connectivity index (χ3v) is 8.96. The number of hydrogen-bond acceptors (Lipinski definition) is 6. The molecule has 0 aromatic heterocycles. The number of aromatic hydroxyl groups is 2. The topological polar surface area (TPSA) is 93.1 Å². The molecular weight excluding hydrogens is 600 g/mol. The summed E-state index contributed by atoms with van der Waals surface area (Å²) in [6.07, 6.45) is 7.96. The van der Waals surface area contributed by atoms with Crippen LogP contribution >= 0.6 is 0 Å². The van der Waals surface area contributed by atoms with Gasteiger partial charge in [-0.15, -0.1) is 0 Å². The van der Waals surface area contributed by atoms with Crippen molar-refractivity contribution in [1.82, 2.24) is 0 Å². The van der Waals surface area contributed by atoms with Gasteiger partial charge >= 0.3 is 11.9 Å². The third-order valence-electron chi connectivity index (χ3n) is 8.96. The van der Waals surface area contributed by atoms with Crippen LogP contribution in [0, 0.1) is 24.7 Å². The van der Waals surface area contributed by atoms with Crippen LogP contribution in [0.2, 0.25) is 0 Å². The monoisotopic (exact) mass is 666 g/mol. The molecule has 0 aliphatic heterocycles. The van der Waals surface area contributed by atoms with Crippen molar-refractivity contribution < 1.29 is 29.3 Å². The number of aryl methyl sites for hydroxylation is 2. The normalized spacial score (nSPS) is 12.7. The lowest BCUT2D eigenvalue weighted by Gasteiger charge is -2.27. The Hall–Kier alpha value is -3.02. The molecule has 2 aromatic rings. The highest BCUT2D eigenvalue weighted by Crippen LogP contribution is 2.37. The van der Waals surface area contributed by atoms with Gasteiger partial charge in [0.25, 0.3) is 0 Å². The van der Waals surface area contributed by atoms with E-state index in [4.69, 9.17) is 9.47 Å². The summed E-state index contributed by atoms with van der Waals surface area (Å²) in [4.78, 5) is 24.9. The number of benzene rings is 2. The molecule has 0 spiro atoms. The van der Waals surface area contributed by atoms with Gasteiger partial charge in [-0.2, -0.15) is 0 Å². The van der Waals surface area contributed by atoms with E-state index < -0.39 is 0 Å². The maximum atomic E-state index is 12.4. The van der Waals surface area contributed by atoms with Crippen molar-refractivity contribution in [3.05, 3.63) is 57.6 Å². The number of phenols is 2. The van der Waals surface area contributed by atoms with Gasteiger partial charge < -0.3 is 19.7 Å². The number of carbonyl (C=O) groups excluding carboxylic acids is 2. The van der Waals surface area contributed by atoms with Crippen LogP contribution in [0.25, 0.3) is 0 Å². The van der Waals surface area contributed by atoms with Crippen molar-refractivity contribution in [2.75, 3.05) is 13.2 Å². The van der Waals surface area contributed by atoms with Crippen LogP contribution in [0.3, 0.4) is 0 Å². The molecule has 0 amide bonds. The van der Waals surface area contributed by atoms with Gasteiger partial charge in [-0.05, 0) is 83.7 Å². The summed E-state index contributed by atoms with van der Waals surface area (Å²) in [6.45, 7) is 25.6. The molecule has 0 unspecified atom stereocenters. The molecule has 2 rings (SSSR count). The second kappa shape index (κ2) is 17.1. The largest absolute Gasteiger partial charge is 0.507 e. The zero-order valence-electron chi connectivity index (χ0n) is 32.3. The Kier molecular flexibility index (Phi) is 14.6. The van der Waals surface area contributed by atoms with E-state index in [-0.39, 0.29) is 33.6 Å². The number of phenolic OH excluding ortho intramolecular Hbond substituents is 2. The summed E-state index contributed by atoms with van der Waals surface area (Å²) in [5.74, 6) is 0.421. The SMILES string of the molecule is Cc1cc(CC(C)(C)COC(=O)CCCCCCCCC(=O)OCC(C)(C)Cc2cc(C)c(O)c(C(C)(C)C)c2)cc(C(C)(C)C)c1O. The highest BCUT2D eigenvalue weighted by Gasteiger charge is 2.26. The van der Waals surface area contributed by atoms with Crippen LogP contribution in [0.1, 0.15) is 154 Å². The molecular formula is C42H66O6. The van der Waals surface area contributed by atoms with Crippen molar-refractivity contribution in [3.8, 4) is 11.5 Å². The Labute approximate surface area is 292 Å². The van der Waals surface area contributed by atoms with E-state index in [9.17, 15) is 19.8 Å². The van der Waals surface area contributed by atoms with Gasteiger partial charge in [0.05, 0.1) is 13.2 Å². The van der Waals surface area contributed by atoms with Crippen molar-refractivity contribution in [3.63, 3.8) is 0 Å². The molecule has 2 aromatic carbocycles. The van der Waals surface area contributed by atoms with Gasteiger partial charge in [0, 0.05) is 23.7 Å². The summed E-state index contributed by atoms with van der Waals surface area (Å²) in [7, 11) is 0. The Balaban J connectivity index is 1.62. The van der Waals surface area contributed by atoms with Crippen molar-refractivity contribution in [2.45, 2.75) is 158 Å². The van der Waals surface area contributed by atoms with Gasteiger partial charge in [-0.1, -0.05) is 119 Å². The second-order valence-electron chi connectivity index (χ2n) is 17.7. The van der Waals surface area contributed by atoms with E-state index in [0.717, 1.165) is 84.7 Å². The smallest absolute Gasteiger partial charge is 0.305 e. The lowest BCUT2D eigenvalue weighted by molar-refractivity contribution is -0.147. The molecule has 0 fully saturated rings. The predicted molar refractivity (Wildman–Crippen MR) is 197 cm³/mol. The molecule has 0 saturated heterocycles. The first-order chi connectivity index (χ1) is 22.0. The van der Waals surface area contributed by atoms with E-state index in [1.807, 2.05) is 26.0 Å². The predicted octanol–water partition coefficient (Wildman–Crippen LogP) is 10.4. The lowest BCUT2D eigenvalue weighted by Crippen LogP contribution is -2.25. The molecule has 48 heavy (non-hydrogen) atoms. The van der Waals surface area contributed by atoms with E-state index in [1.165, 1.54) is 0 Å². The minimum atomic E-state index is -0.215. The fourth-order valence-corrected chi connectivity index (χ4v) is 6.21. The second-order valence-corrected chi connectivity index (χ2v) is 17.7. The lowest BCUT2D eigenvalue weighted by atomic mass is 9.80. The van der Waals surface area contributed by atoms with Gasteiger partial charge in [0.2, 0.25) is 0 Å². The van der Waals surface area contributed by atoms with E-state index in [2.05, 4.69) is 81.4 Å². The highest BCUT2D eigenvalue weighted by molar-refractivity contribution is 5.69. The minimum absolute atomic E-state index is 0.152. The Morgan fingerprint density at radius 2 is 0.854 bits per heavy atom. The molecule has 0 aliphatic carbocycles. The number of hydrogen-bond donors (Lipinski definition) is 2. The standard InChI is InChI=1S/C42H66O6/c1-29-21-31(23-33(37(29)45)39(3,4)5)25-41(9,10)27-47-35(43)19-17-15-13-14-16-18-20-36(44)48-28-42(11,12)26-32-22-30(2)38(46)34(24-32)40(6,7)8/h21-24,45-46H,13-20,25-28H2,1-12H3. The third kappa shape index (κ3) is 13.8.